The molecule has 0 radical (unpaired) electrons. The molecule has 1 aliphatic rings. The Morgan fingerprint density at radius 3 is 2.86 bits per heavy atom. The van der Waals surface area contributed by atoms with E-state index in [4.69, 9.17) is 11.6 Å². The molecule has 1 saturated heterocycles. The number of carbonyl (C=O) groups excluding carboxylic acids is 1. The molecule has 1 unspecified atom stereocenters. The summed E-state index contributed by atoms with van der Waals surface area (Å²) in [5, 5.41) is 4.98. The molecule has 22 heavy (non-hydrogen) atoms. The topological polar surface area (TPSA) is 51.0 Å². The first kappa shape index (κ1) is 15.0. The number of aromatic nitrogens is 3. The molecular weight excluding hydrogens is 300 g/mol. The van der Waals surface area contributed by atoms with Crippen LogP contribution in [-0.2, 0) is 11.3 Å². The molecule has 1 amide bonds. The van der Waals surface area contributed by atoms with Crippen LogP contribution in [0, 0.1) is 13.8 Å². The van der Waals surface area contributed by atoms with Crippen LogP contribution in [-0.4, -0.2) is 32.1 Å². The van der Waals surface area contributed by atoms with E-state index in [0.29, 0.717) is 5.02 Å². The van der Waals surface area contributed by atoms with E-state index >= 15 is 0 Å². The van der Waals surface area contributed by atoms with Crippen molar-refractivity contribution in [2.24, 2.45) is 0 Å². The highest BCUT2D eigenvalue weighted by molar-refractivity contribution is 6.31. The second kappa shape index (κ2) is 6.08. The summed E-state index contributed by atoms with van der Waals surface area (Å²) in [5.74, 6) is 0.0652. The monoisotopic (exact) mass is 318 g/mol. The van der Waals surface area contributed by atoms with Gasteiger partial charge < -0.3 is 4.90 Å². The first-order valence-corrected chi connectivity index (χ1v) is 7.85. The van der Waals surface area contributed by atoms with Gasteiger partial charge in [0.2, 0.25) is 5.91 Å². The zero-order valence-electron chi connectivity index (χ0n) is 12.8. The van der Waals surface area contributed by atoms with Crippen molar-refractivity contribution in [3.63, 3.8) is 0 Å². The number of aryl methyl sites for hydroxylation is 1. The van der Waals surface area contributed by atoms with Gasteiger partial charge in [-0.25, -0.2) is 0 Å². The van der Waals surface area contributed by atoms with Crippen molar-refractivity contribution in [3.8, 4) is 0 Å². The third-order valence-electron chi connectivity index (χ3n) is 4.18. The van der Waals surface area contributed by atoms with Crippen molar-refractivity contribution in [2.45, 2.75) is 39.3 Å². The van der Waals surface area contributed by atoms with Crippen molar-refractivity contribution >= 4 is 17.5 Å². The minimum Gasteiger partial charge on any atom is -0.332 e. The SMILES string of the molecule is Cc1nn(CC(=O)N2CCCC2c2ccccn2)c(C)c1Cl. The lowest BCUT2D eigenvalue weighted by atomic mass is 10.1. The van der Waals surface area contributed by atoms with Gasteiger partial charge in [-0.05, 0) is 38.8 Å². The largest absolute Gasteiger partial charge is 0.332 e. The van der Waals surface area contributed by atoms with Crippen molar-refractivity contribution in [1.29, 1.82) is 0 Å². The maximum atomic E-state index is 12.7. The third kappa shape index (κ3) is 2.73. The van der Waals surface area contributed by atoms with Gasteiger partial charge in [-0.2, -0.15) is 5.10 Å². The fraction of sp³-hybridized carbons (Fsp3) is 0.438. The van der Waals surface area contributed by atoms with Gasteiger partial charge in [-0.15, -0.1) is 0 Å². The Morgan fingerprint density at radius 1 is 1.41 bits per heavy atom. The van der Waals surface area contributed by atoms with E-state index in [1.807, 2.05) is 36.9 Å². The molecule has 2 aromatic heterocycles. The second-order valence-corrected chi connectivity index (χ2v) is 6.02. The van der Waals surface area contributed by atoms with E-state index < -0.39 is 0 Å². The minimum absolute atomic E-state index is 0.0652. The predicted molar refractivity (Wildman–Crippen MR) is 84.6 cm³/mol. The molecule has 3 rings (SSSR count). The van der Waals surface area contributed by atoms with E-state index in [1.165, 1.54) is 0 Å². The average Bonchev–Trinajstić information content (AvgIpc) is 3.10. The molecule has 5 nitrogen and oxygen atoms in total. The molecular formula is C16H19ClN4O. The molecule has 2 aromatic rings. The molecule has 1 aliphatic heterocycles. The highest BCUT2D eigenvalue weighted by atomic mass is 35.5. The summed E-state index contributed by atoms with van der Waals surface area (Å²) >= 11 is 6.15. The van der Waals surface area contributed by atoms with Crippen LogP contribution in [0.1, 0.15) is 36.0 Å². The summed E-state index contributed by atoms with van der Waals surface area (Å²) in [5.41, 5.74) is 2.55. The average molecular weight is 319 g/mol. The molecule has 0 spiro atoms. The van der Waals surface area contributed by atoms with E-state index in [1.54, 1.807) is 10.9 Å². The quantitative estimate of drug-likeness (QED) is 0.874. The number of nitrogens with zero attached hydrogens (tertiary/aromatic N) is 4. The number of halogens is 1. The summed E-state index contributed by atoms with van der Waals surface area (Å²) < 4.78 is 1.69. The van der Waals surface area contributed by atoms with Crippen LogP contribution in [0.15, 0.2) is 24.4 Å². The number of hydrogen-bond donors (Lipinski definition) is 0. The first-order chi connectivity index (χ1) is 10.6. The first-order valence-electron chi connectivity index (χ1n) is 7.48. The predicted octanol–water partition coefficient (Wildman–Crippen LogP) is 2.91. The van der Waals surface area contributed by atoms with Crippen LogP contribution in [0.3, 0.4) is 0 Å². The molecule has 0 saturated carbocycles. The smallest absolute Gasteiger partial charge is 0.244 e. The summed E-state index contributed by atoms with van der Waals surface area (Å²) in [6.07, 6.45) is 3.74. The standard InChI is InChI=1S/C16H19ClN4O/c1-11-16(17)12(2)21(19-11)10-15(22)20-9-5-7-14(20)13-6-3-4-8-18-13/h3-4,6,8,14H,5,7,9-10H2,1-2H3. The van der Waals surface area contributed by atoms with E-state index in [-0.39, 0.29) is 18.5 Å². The number of pyridine rings is 1. The van der Waals surface area contributed by atoms with Gasteiger partial charge in [0.1, 0.15) is 6.54 Å². The molecule has 0 aliphatic carbocycles. The highest BCUT2D eigenvalue weighted by Crippen LogP contribution is 2.31. The van der Waals surface area contributed by atoms with E-state index in [0.717, 1.165) is 36.5 Å². The summed E-state index contributed by atoms with van der Waals surface area (Å²) in [4.78, 5) is 19.0. The molecule has 0 N–H and O–H groups in total. The molecule has 3 heterocycles. The Kier molecular flexibility index (Phi) is 4.16. The summed E-state index contributed by atoms with van der Waals surface area (Å²) in [6.45, 7) is 4.73. The van der Waals surface area contributed by atoms with Crippen LogP contribution >= 0.6 is 11.6 Å². The zero-order chi connectivity index (χ0) is 15.7. The number of hydrogen-bond acceptors (Lipinski definition) is 3. The summed E-state index contributed by atoms with van der Waals surface area (Å²) in [7, 11) is 0. The van der Waals surface area contributed by atoms with Crippen LogP contribution in [0.5, 0.6) is 0 Å². The number of rotatable bonds is 3. The Morgan fingerprint density at radius 2 is 2.23 bits per heavy atom. The van der Waals surface area contributed by atoms with Gasteiger partial charge in [0, 0.05) is 12.7 Å². The van der Waals surface area contributed by atoms with Gasteiger partial charge in [0.15, 0.2) is 0 Å². The lowest BCUT2D eigenvalue weighted by Crippen LogP contribution is -2.34. The van der Waals surface area contributed by atoms with Gasteiger partial charge in [0.25, 0.3) is 0 Å². The number of carbonyl (C=O) groups is 1. The van der Waals surface area contributed by atoms with Crippen LogP contribution in [0.4, 0.5) is 0 Å². The second-order valence-electron chi connectivity index (χ2n) is 5.64. The lowest BCUT2D eigenvalue weighted by Gasteiger charge is -2.24. The van der Waals surface area contributed by atoms with Gasteiger partial charge >= 0.3 is 0 Å². The molecule has 1 atom stereocenters. The van der Waals surface area contributed by atoms with Crippen molar-refractivity contribution in [2.75, 3.05) is 6.54 Å². The normalized spacial score (nSPS) is 18.0. The Bertz CT molecular complexity index is 683. The van der Waals surface area contributed by atoms with Crippen LogP contribution in [0.2, 0.25) is 5.02 Å². The van der Waals surface area contributed by atoms with Crippen molar-refractivity contribution < 1.29 is 4.79 Å². The summed E-state index contributed by atoms with van der Waals surface area (Å²) in [6, 6.07) is 5.91. The Hall–Kier alpha value is -1.88. The molecule has 116 valence electrons. The van der Waals surface area contributed by atoms with Crippen LogP contribution in [0.25, 0.3) is 0 Å². The third-order valence-corrected chi connectivity index (χ3v) is 4.73. The van der Waals surface area contributed by atoms with Crippen molar-refractivity contribution in [3.05, 3.63) is 46.5 Å². The van der Waals surface area contributed by atoms with Crippen molar-refractivity contribution in [1.82, 2.24) is 19.7 Å². The highest BCUT2D eigenvalue weighted by Gasteiger charge is 2.31. The van der Waals surface area contributed by atoms with Gasteiger partial charge in [-0.3, -0.25) is 14.5 Å². The van der Waals surface area contributed by atoms with E-state index in [9.17, 15) is 4.79 Å². The molecule has 0 bridgehead atoms. The minimum atomic E-state index is 0.0652. The lowest BCUT2D eigenvalue weighted by molar-refractivity contribution is -0.133. The Labute approximate surface area is 134 Å². The van der Waals surface area contributed by atoms with Gasteiger partial charge in [0.05, 0.1) is 28.1 Å². The number of amides is 1. The molecule has 0 aromatic carbocycles. The number of likely N-dealkylation sites (tertiary alicyclic amines) is 1. The zero-order valence-corrected chi connectivity index (χ0v) is 13.5. The maximum Gasteiger partial charge on any atom is 0.244 e. The van der Waals surface area contributed by atoms with Crippen LogP contribution < -0.4 is 0 Å². The maximum absolute atomic E-state index is 12.7. The molecule has 1 fully saturated rings. The fourth-order valence-corrected chi connectivity index (χ4v) is 3.13. The van der Waals surface area contributed by atoms with E-state index in [2.05, 4.69) is 10.1 Å². The fourth-order valence-electron chi connectivity index (χ4n) is 2.99. The Balaban J connectivity index is 1.78. The molecule has 6 heteroatoms. The van der Waals surface area contributed by atoms with Gasteiger partial charge in [-0.1, -0.05) is 17.7 Å².